The van der Waals surface area contributed by atoms with Gasteiger partial charge in [-0.15, -0.1) is 0 Å². The van der Waals surface area contributed by atoms with Gasteiger partial charge in [0.25, 0.3) is 0 Å². The summed E-state index contributed by atoms with van der Waals surface area (Å²) in [5.41, 5.74) is 1.65. The van der Waals surface area contributed by atoms with Crippen LogP contribution in [0.4, 0.5) is 0 Å². The van der Waals surface area contributed by atoms with Crippen LogP contribution in [0.2, 0.25) is 0 Å². The molecule has 1 aliphatic rings. The van der Waals surface area contributed by atoms with E-state index in [9.17, 15) is 4.79 Å². The third-order valence-corrected chi connectivity index (χ3v) is 4.93. The molecular weight excluding hydrogens is 330 g/mol. The molecule has 1 atom stereocenters. The molecule has 134 valence electrons. The van der Waals surface area contributed by atoms with Gasteiger partial charge in [0.15, 0.2) is 0 Å². The lowest BCUT2D eigenvalue weighted by atomic mass is 10.1. The van der Waals surface area contributed by atoms with Crippen LogP contribution in [0.25, 0.3) is 11.4 Å². The van der Waals surface area contributed by atoms with Gasteiger partial charge in [-0.1, -0.05) is 29.4 Å². The molecule has 3 aromatic rings. The fourth-order valence-electron chi connectivity index (χ4n) is 3.09. The van der Waals surface area contributed by atoms with Crippen molar-refractivity contribution in [1.29, 1.82) is 0 Å². The van der Waals surface area contributed by atoms with Crippen LogP contribution in [0, 0.1) is 12.3 Å². The van der Waals surface area contributed by atoms with Crippen molar-refractivity contribution in [2.45, 2.75) is 39.3 Å². The van der Waals surface area contributed by atoms with E-state index in [1.54, 1.807) is 12.5 Å². The first-order valence-electron chi connectivity index (χ1n) is 8.74. The number of hydrogen-bond donors (Lipinski definition) is 1. The van der Waals surface area contributed by atoms with Crippen LogP contribution in [-0.2, 0) is 11.3 Å². The van der Waals surface area contributed by atoms with E-state index in [0.29, 0.717) is 18.3 Å². The number of carbonyl (C=O) groups is 1. The topological polar surface area (TPSA) is 85.8 Å². The Balaban J connectivity index is 1.45. The molecule has 1 aliphatic carbocycles. The fraction of sp³-hybridized carbons (Fsp3) is 0.368. The molecule has 1 saturated carbocycles. The molecule has 0 saturated heterocycles. The van der Waals surface area contributed by atoms with Gasteiger partial charge in [-0.05, 0) is 32.3 Å². The lowest BCUT2D eigenvalue weighted by molar-refractivity contribution is -0.127. The summed E-state index contributed by atoms with van der Waals surface area (Å²) in [5.74, 6) is 0.975. The first-order valence-corrected chi connectivity index (χ1v) is 8.74. The maximum Gasteiger partial charge on any atom is 0.249 e. The van der Waals surface area contributed by atoms with E-state index < -0.39 is 0 Å². The number of hydrogen-bond acceptors (Lipinski definition) is 5. The van der Waals surface area contributed by atoms with Crippen molar-refractivity contribution in [3.63, 3.8) is 0 Å². The van der Waals surface area contributed by atoms with Gasteiger partial charge in [-0.2, -0.15) is 4.98 Å². The maximum atomic E-state index is 12.7. The molecule has 0 aliphatic heterocycles. The van der Waals surface area contributed by atoms with Crippen molar-refractivity contribution in [2.75, 3.05) is 0 Å². The number of carbonyl (C=O) groups excluding carboxylic acids is 1. The van der Waals surface area contributed by atoms with Crippen LogP contribution in [0.15, 0.2) is 47.5 Å². The highest BCUT2D eigenvalue weighted by molar-refractivity contribution is 5.85. The van der Waals surface area contributed by atoms with E-state index in [2.05, 4.69) is 20.4 Å². The van der Waals surface area contributed by atoms with Crippen LogP contribution >= 0.6 is 0 Å². The lowest BCUT2D eigenvalue weighted by Crippen LogP contribution is -2.36. The minimum absolute atomic E-state index is 0.0225. The number of nitrogens with one attached hydrogen (secondary N) is 1. The average Bonchev–Trinajstić information content (AvgIpc) is 3.03. The first-order chi connectivity index (χ1) is 12.6. The van der Waals surface area contributed by atoms with E-state index in [1.165, 1.54) is 0 Å². The predicted molar refractivity (Wildman–Crippen MR) is 94.9 cm³/mol. The molecule has 1 fully saturated rings. The molecule has 4 rings (SSSR count). The van der Waals surface area contributed by atoms with Crippen molar-refractivity contribution in [2.24, 2.45) is 5.41 Å². The molecule has 1 N–H and O–H groups in total. The molecule has 7 heteroatoms. The summed E-state index contributed by atoms with van der Waals surface area (Å²) in [6.07, 6.45) is 7.10. The van der Waals surface area contributed by atoms with Crippen molar-refractivity contribution >= 4 is 5.91 Å². The van der Waals surface area contributed by atoms with Crippen molar-refractivity contribution < 1.29 is 9.32 Å². The zero-order chi connectivity index (χ0) is 18.1. The summed E-state index contributed by atoms with van der Waals surface area (Å²) in [6.45, 7) is 4.51. The number of imidazole rings is 1. The first kappa shape index (κ1) is 16.5. The zero-order valence-corrected chi connectivity index (χ0v) is 14.8. The Morgan fingerprint density at radius 3 is 2.88 bits per heavy atom. The number of aryl methyl sites for hydroxylation is 1. The summed E-state index contributed by atoms with van der Waals surface area (Å²) in [6, 6.07) is 7.53. The molecule has 1 amide bonds. The summed E-state index contributed by atoms with van der Waals surface area (Å²) < 4.78 is 7.33. The standard InChI is InChI=1S/C19H21N5O2/c1-13-5-3-4-6-15(13)16-22-17(26-23-16)14(2)21-18(25)19(7-8-19)11-24-10-9-20-12-24/h3-6,9-10,12,14H,7-8,11H2,1-2H3,(H,21,25). The van der Waals surface area contributed by atoms with Gasteiger partial charge in [-0.25, -0.2) is 4.98 Å². The molecule has 26 heavy (non-hydrogen) atoms. The normalized spacial score (nSPS) is 16.2. The summed E-state index contributed by atoms with van der Waals surface area (Å²) in [4.78, 5) is 21.2. The van der Waals surface area contributed by atoms with Gasteiger partial charge in [0.05, 0.1) is 11.7 Å². The smallest absolute Gasteiger partial charge is 0.249 e. The zero-order valence-electron chi connectivity index (χ0n) is 14.8. The van der Waals surface area contributed by atoms with Crippen LogP contribution in [-0.4, -0.2) is 25.6 Å². The highest BCUT2D eigenvalue weighted by Crippen LogP contribution is 2.47. The van der Waals surface area contributed by atoms with Gasteiger partial charge < -0.3 is 14.4 Å². The molecule has 1 aromatic carbocycles. The van der Waals surface area contributed by atoms with Gasteiger partial charge in [0.1, 0.15) is 6.04 Å². The maximum absolute atomic E-state index is 12.7. The molecule has 2 aromatic heterocycles. The Kier molecular flexibility index (Phi) is 4.06. The van der Waals surface area contributed by atoms with E-state index >= 15 is 0 Å². The van der Waals surface area contributed by atoms with E-state index in [4.69, 9.17) is 4.52 Å². The highest BCUT2D eigenvalue weighted by atomic mass is 16.5. The predicted octanol–water partition coefficient (Wildman–Crippen LogP) is 2.90. The summed E-state index contributed by atoms with van der Waals surface area (Å²) in [5, 5.41) is 7.09. The number of benzene rings is 1. The molecule has 1 unspecified atom stereocenters. The van der Waals surface area contributed by atoms with Crippen LogP contribution < -0.4 is 5.32 Å². The van der Waals surface area contributed by atoms with Gasteiger partial charge in [-0.3, -0.25) is 4.79 Å². The SMILES string of the molecule is Cc1ccccc1-c1noc(C(C)NC(=O)C2(Cn3ccnc3)CC2)n1. The lowest BCUT2D eigenvalue weighted by Gasteiger charge is -2.18. The number of nitrogens with zero attached hydrogens (tertiary/aromatic N) is 4. The second-order valence-electron chi connectivity index (χ2n) is 6.98. The van der Waals surface area contributed by atoms with Gasteiger partial charge in [0, 0.05) is 24.5 Å². The van der Waals surface area contributed by atoms with Crippen molar-refractivity contribution in [3.05, 3.63) is 54.4 Å². The van der Waals surface area contributed by atoms with Gasteiger partial charge in [0.2, 0.25) is 17.6 Å². The fourth-order valence-corrected chi connectivity index (χ4v) is 3.09. The molecule has 0 bridgehead atoms. The Bertz CT molecular complexity index is 912. The molecular formula is C19H21N5O2. The van der Waals surface area contributed by atoms with Crippen LogP contribution in [0.1, 0.15) is 37.3 Å². The van der Waals surface area contributed by atoms with Crippen molar-refractivity contribution in [3.8, 4) is 11.4 Å². The molecule has 0 spiro atoms. The minimum Gasteiger partial charge on any atom is -0.344 e. The van der Waals surface area contributed by atoms with E-state index in [0.717, 1.165) is 24.0 Å². The average molecular weight is 351 g/mol. The summed E-state index contributed by atoms with van der Waals surface area (Å²) >= 11 is 0. The second kappa shape index (κ2) is 6.40. The van der Waals surface area contributed by atoms with E-state index in [-0.39, 0.29) is 17.4 Å². The minimum atomic E-state index is -0.353. The second-order valence-corrected chi connectivity index (χ2v) is 6.98. The number of amides is 1. The van der Waals surface area contributed by atoms with Crippen LogP contribution in [0.3, 0.4) is 0 Å². The van der Waals surface area contributed by atoms with E-state index in [1.807, 2.05) is 48.9 Å². The number of rotatable bonds is 6. The highest BCUT2D eigenvalue weighted by Gasteiger charge is 2.50. The third-order valence-electron chi connectivity index (χ3n) is 4.93. The number of aromatic nitrogens is 4. The Morgan fingerprint density at radius 1 is 1.38 bits per heavy atom. The quantitative estimate of drug-likeness (QED) is 0.738. The Morgan fingerprint density at radius 2 is 2.19 bits per heavy atom. The monoisotopic (exact) mass is 351 g/mol. The molecule has 2 heterocycles. The van der Waals surface area contributed by atoms with Gasteiger partial charge >= 0.3 is 0 Å². The Hall–Kier alpha value is -2.96. The summed E-state index contributed by atoms with van der Waals surface area (Å²) in [7, 11) is 0. The molecule has 7 nitrogen and oxygen atoms in total. The molecule has 0 radical (unpaired) electrons. The largest absolute Gasteiger partial charge is 0.344 e. The third kappa shape index (κ3) is 3.12. The Labute approximate surface area is 151 Å². The van der Waals surface area contributed by atoms with Crippen molar-refractivity contribution in [1.82, 2.24) is 25.0 Å². The van der Waals surface area contributed by atoms with Crippen LogP contribution in [0.5, 0.6) is 0 Å².